The normalized spacial score (nSPS) is 10.4. The van der Waals surface area contributed by atoms with Crippen molar-refractivity contribution >= 4 is 0 Å². The molecular weight excluding hydrogens is 144 g/mol. The zero-order valence-electron chi connectivity index (χ0n) is 8.65. The van der Waals surface area contributed by atoms with E-state index >= 15 is 0 Å². The zero-order valence-corrected chi connectivity index (χ0v) is 8.65. The van der Waals surface area contributed by atoms with E-state index in [1.807, 2.05) is 0 Å². The lowest BCUT2D eigenvalue weighted by Gasteiger charge is -2.12. The molecule has 0 saturated heterocycles. The fourth-order valence-electron chi connectivity index (χ4n) is 1.68. The predicted molar refractivity (Wildman–Crippen MR) is 54.5 cm³/mol. The van der Waals surface area contributed by atoms with E-state index in [0.717, 1.165) is 0 Å². The van der Waals surface area contributed by atoms with Crippen molar-refractivity contribution in [1.82, 2.24) is 0 Å². The third-order valence-electron chi connectivity index (χ3n) is 2.71. The number of hydrogen-bond acceptors (Lipinski definition) is 0. The third-order valence-corrected chi connectivity index (χ3v) is 2.71. The van der Waals surface area contributed by atoms with Crippen molar-refractivity contribution in [1.29, 1.82) is 0 Å². The Balaban J connectivity index is 3.42. The summed E-state index contributed by atoms with van der Waals surface area (Å²) in [6, 6.07) is 2.26. The van der Waals surface area contributed by atoms with Crippen LogP contribution in [0.15, 0.2) is 6.07 Å². The molecule has 1 rings (SSSR count). The molecule has 0 aromatic heterocycles. The van der Waals surface area contributed by atoms with Gasteiger partial charge in [-0.2, -0.15) is 0 Å². The van der Waals surface area contributed by atoms with Crippen molar-refractivity contribution in [2.75, 3.05) is 0 Å². The van der Waals surface area contributed by atoms with E-state index in [0.29, 0.717) is 0 Å². The van der Waals surface area contributed by atoms with Crippen LogP contribution in [-0.2, 0) is 0 Å². The van der Waals surface area contributed by atoms with Crippen molar-refractivity contribution in [3.8, 4) is 0 Å². The Morgan fingerprint density at radius 3 is 1.67 bits per heavy atom. The van der Waals surface area contributed by atoms with E-state index in [-0.39, 0.29) is 0 Å². The Kier molecular flexibility index (Phi) is 2.56. The maximum absolute atomic E-state index is 2.26. The first kappa shape index (κ1) is 9.31. The van der Waals surface area contributed by atoms with Gasteiger partial charge in [0.2, 0.25) is 0 Å². The van der Waals surface area contributed by atoms with Crippen LogP contribution in [0.1, 0.15) is 34.7 Å². The zero-order chi connectivity index (χ0) is 9.30. The van der Waals surface area contributed by atoms with Gasteiger partial charge in [0.1, 0.15) is 0 Å². The number of benzene rings is 1. The van der Waals surface area contributed by atoms with E-state index in [4.69, 9.17) is 0 Å². The fraction of sp³-hybridized carbons (Fsp3) is 0.417. The molecule has 0 amide bonds. The summed E-state index contributed by atoms with van der Waals surface area (Å²) in [5, 5.41) is 0. The molecule has 12 heavy (non-hydrogen) atoms. The van der Waals surface area contributed by atoms with Crippen LogP contribution in [0.4, 0.5) is 0 Å². The first-order chi connectivity index (χ1) is 5.57. The number of aryl methyl sites for hydroxylation is 2. The Hall–Kier alpha value is -0.780. The third kappa shape index (κ3) is 1.38. The van der Waals surface area contributed by atoms with Crippen LogP contribution in [-0.4, -0.2) is 0 Å². The molecule has 1 aromatic carbocycles. The SMILES string of the molecule is C[CH]c1c(C)c(C)cc(C)c1C. The van der Waals surface area contributed by atoms with E-state index in [1.165, 1.54) is 27.8 Å². The molecule has 0 heteroatoms. The van der Waals surface area contributed by atoms with Gasteiger partial charge < -0.3 is 0 Å². The van der Waals surface area contributed by atoms with Crippen molar-refractivity contribution < 1.29 is 0 Å². The molecular formula is C12H17. The van der Waals surface area contributed by atoms with Crippen LogP contribution < -0.4 is 0 Å². The van der Waals surface area contributed by atoms with Gasteiger partial charge >= 0.3 is 0 Å². The second-order valence-electron chi connectivity index (χ2n) is 3.46. The quantitative estimate of drug-likeness (QED) is 0.591. The van der Waals surface area contributed by atoms with Crippen LogP contribution in [0.3, 0.4) is 0 Å². The Morgan fingerprint density at radius 1 is 0.917 bits per heavy atom. The van der Waals surface area contributed by atoms with Gasteiger partial charge in [0.25, 0.3) is 0 Å². The minimum absolute atomic E-state index is 1.39. The maximum atomic E-state index is 2.26. The highest BCUT2D eigenvalue weighted by atomic mass is 14.1. The highest BCUT2D eigenvalue weighted by Gasteiger charge is 2.05. The van der Waals surface area contributed by atoms with Gasteiger partial charge in [0, 0.05) is 0 Å². The van der Waals surface area contributed by atoms with Gasteiger partial charge in [-0.3, -0.25) is 0 Å². The van der Waals surface area contributed by atoms with Gasteiger partial charge in [-0.05, 0) is 61.9 Å². The van der Waals surface area contributed by atoms with Gasteiger partial charge in [0.15, 0.2) is 0 Å². The molecule has 0 nitrogen and oxygen atoms in total. The molecule has 0 aliphatic carbocycles. The summed E-state index contributed by atoms with van der Waals surface area (Å²) in [6.45, 7) is 10.8. The standard InChI is InChI=1S/C12H17/c1-6-12-10(4)8(2)7-9(3)11(12)5/h6-7H,1-5H3. The summed E-state index contributed by atoms with van der Waals surface area (Å²) < 4.78 is 0. The Bertz CT molecular complexity index is 269. The van der Waals surface area contributed by atoms with Crippen LogP contribution in [0.2, 0.25) is 0 Å². The largest absolute Gasteiger partial charge is 0.0578 e. The summed E-state index contributed by atoms with van der Waals surface area (Å²) in [5.41, 5.74) is 7.03. The van der Waals surface area contributed by atoms with Crippen molar-refractivity contribution in [3.63, 3.8) is 0 Å². The van der Waals surface area contributed by atoms with Crippen LogP contribution in [0, 0.1) is 34.1 Å². The molecule has 0 unspecified atom stereocenters. The molecule has 0 bridgehead atoms. The molecule has 0 atom stereocenters. The Labute approximate surface area is 75.6 Å². The topological polar surface area (TPSA) is 0 Å². The average Bonchev–Trinajstić information content (AvgIpc) is 2.02. The monoisotopic (exact) mass is 161 g/mol. The van der Waals surface area contributed by atoms with Crippen molar-refractivity contribution in [3.05, 3.63) is 40.3 Å². The summed E-state index contributed by atoms with van der Waals surface area (Å²) in [6.07, 6.45) is 2.20. The molecule has 0 saturated carbocycles. The molecule has 0 aliphatic heterocycles. The van der Waals surface area contributed by atoms with Crippen LogP contribution >= 0.6 is 0 Å². The van der Waals surface area contributed by atoms with Gasteiger partial charge in [0.05, 0.1) is 0 Å². The van der Waals surface area contributed by atoms with Crippen molar-refractivity contribution in [2.24, 2.45) is 0 Å². The molecule has 65 valence electrons. The molecule has 0 spiro atoms. The number of hydrogen-bond donors (Lipinski definition) is 0. The molecule has 0 N–H and O–H groups in total. The fourth-order valence-corrected chi connectivity index (χ4v) is 1.68. The lowest BCUT2D eigenvalue weighted by Crippen LogP contribution is -1.96. The van der Waals surface area contributed by atoms with E-state index in [2.05, 4.69) is 47.1 Å². The second-order valence-corrected chi connectivity index (χ2v) is 3.46. The lowest BCUT2D eigenvalue weighted by atomic mass is 9.93. The first-order valence-electron chi connectivity index (χ1n) is 4.44. The first-order valence-corrected chi connectivity index (χ1v) is 4.44. The summed E-state index contributed by atoms with van der Waals surface area (Å²) >= 11 is 0. The summed E-state index contributed by atoms with van der Waals surface area (Å²) in [5.74, 6) is 0. The maximum Gasteiger partial charge on any atom is -0.0118 e. The van der Waals surface area contributed by atoms with Crippen molar-refractivity contribution in [2.45, 2.75) is 34.6 Å². The van der Waals surface area contributed by atoms with Gasteiger partial charge in [-0.25, -0.2) is 0 Å². The van der Waals surface area contributed by atoms with Crippen LogP contribution in [0.5, 0.6) is 0 Å². The minimum atomic E-state index is 1.39. The minimum Gasteiger partial charge on any atom is -0.0578 e. The highest BCUT2D eigenvalue weighted by molar-refractivity contribution is 5.47. The number of rotatable bonds is 1. The highest BCUT2D eigenvalue weighted by Crippen LogP contribution is 2.22. The molecule has 1 aromatic rings. The summed E-state index contributed by atoms with van der Waals surface area (Å²) in [4.78, 5) is 0. The van der Waals surface area contributed by atoms with E-state index in [1.54, 1.807) is 0 Å². The molecule has 0 heterocycles. The molecule has 0 fully saturated rings. The van der Waals surface area contributed by atoms with E-state index < -0.39 is 0 Å². The molecule has 0 aliphatic rings. The smallest absolute Gasteiger partial charge is 0.0118 e. The Morgan fingerprint density at radius 2 is 1.33 bits per heavy atom. The van der Waals surface area contributed by atoms with E-state index in [9.17, 15) is 0 Å². The lowest BCUT2D eigenvalue weighted by molar-refractivity contribution is 1.18. The predicted octanol–water partition coefficient (Wildman–Crippen LogP) is 3.49. The second kappa shape index (κ2) is 3.30. The van der Waals surface area contributed by atoms with Gasteiger partial charge in [-0.1, -0.05) is 13.0 Å². The van der Waals surface area contributed by atoms with Crippen LogP contribution in [0.25, 0.3) is 0 Å². The summed E-state index contributed by atoms with van der Waals surface area (Å²) in [7, 11) is 0. The van der Waals surface area contributed by atoms with Gasteiger partial charge in [-0.15, -0.1) is 0 Å². The average molecular weight is 161 g/mol. The molecule has 1 radical (unpaired) electrons.